The van der Waals surface area contributed by atoms with Gasteiger partial charge in [0.05, 0.1) is 17.5 Å². The first kappa shape index (κ1) is 15.5. The number of amidine groups is 1. The number of benzene rings is 1. The van der Waals surface area contributed by atoms with Crippen molar-refractivity contribution in [3.05, 3.63) is 29.3 Å². The molecule has 8 heteroatoms. The molecule has 122 valence electrons. The van der Waals surface area contributed by atoms with Crippen LogP contribution in [-0.2, 0) is 14.6 Å². The number of hydrogen-bond acceptors (Lipinski definition) is 4. The maximum atomic E-state index is 12.1. The summed E-state index contributed by atoms with van der Waals surface area (Å²) in [5.74, 6) is 0.209. The first-order chi connectivity index (χ1) is 10.9. The van der Waals surface area contributed by atoms with Gasteiger partial charge in [-0.25, -0.2) is 8.42 Å². The average Bonchev–Trinajstić information content (AvgIpc) is 3.22. The molecule has 4 rings (SSSR count). The van der Waals surface area contributed by atoms with E-state index in [1.54, 1.807) is 12.1 Å². The van der Waals surface area contributed by atoms with E-state index in [2.05, 4.69) is 4.99 Å². The Morgan fingerprint density at radius 1 is 1.22 bits per heavy atom. The van der Waals surface area contributed by atoms with Crippen LogP contribution < -0.4 is 4.90 Å². The van der Waals surface area contributed by atoms with E-state index < -0.39 is 9.84 Å². The topological polar surface area (TPSA) is 66.8 Å². The van der Waals surface area contributed by atoms with Crippen LogP contribution in [0.1, 0.15) is 12.8 Å². The van der Waals surface area contributed by atoms with Crippen molar-refractivity contribution in [1.29, 1.82) is 0 Å². The van der Waals surface area contributed by atoms with Crippen LogP contribution in [-0.4, -0.2) is 42.3 Å². The molecule has 3 fully saturated rings. The van der Waals surface area contributed by atoms with E-state index in [9.17, 15) is 13.2 Å². The maximum absolute atomic E-state index is 12.1. The molecule has 0 radical (unpaired) electrons. The maximum Gasteiger partial charge on any atom is 0.251 e. The van der Waals surface area contributed by atoms with Gasteiger partial charge >= 0.3 is 0 Å². The highest BCUT2D eigenvalue weighted by molar-refractivity contribution is 8.16. The van der Waals surface area contributed by atoms with Crippen LogP contribution in [0.4, 0.5) is 5.69 Å². The lowest BCUT2D eigenvalue weighted by atomic mass is 10.2. The van der Waals surface area contributed by atoms with Crippen LogP contribution in [0.25, 0.3) is 0 Å². The number of carbonyl (C=O) groups excluding carboxylic acids is 1. The fraction of sp³-hybridized carbons (Fsp3) is 0.467. The fourth-order valence-electron chi connectivity index (χ4n) is 2.98. The van der Waals surface area contributed by atoms with Crippen LogP contribution in [0.5, 0.6) is 0 Å². The number of rotatable bonds is 2. The van der Waals surface area contributed by atoms with Gasteiger partial charge in [0.25, 0.3) is 5.91 Å². The van der Waals surface area contributed by atoms with E-state index in [0.29, 0.717) is 10.2 Å². The molecule has 5 nitrogen and oxygen atoms in total. The molecule has 2 saturated heterocycles. The Kier molecular flexibility index (Phi) is 3.70. The van der Waals surface area contributed by atoms with Gasteiger partial charge in [-0.2, -0.15) is 4.99 Å². The Morgan fingerprint density at radius 3 is 2.57 bits per heavy atom. The van der Waals surface area contributed by atoms with E-state index in [1.165, 1.54) is 11.8 Å². The standard InChI is InChI=1S/C15H15ClN2O3S2/c16-10-3-5-11(6-4-10)18-12-7-23(20,21)8-13(12)22-15(18)17-14(19)9-1-2-9/h3-6,9,12-13H,1-2,7-8H2/t12-,13-/m1/s1. The summed E-state index contributed by atoms with van der Waals surface area (Å²) in [5.41, 5.74) is 0.828. The summed E-state index contributed by atoms with van der Waals surface area (Å²) in [7, 11) is -3.04. The zero-order chi connectivity index (χ0) is 16.2. The minimum atomic E-state index is -3.04. The van der Waals surface area contributed by atoms with Gasteiger partial charge in [0.2, 0.25) is 0 Å². The number of anilines is 1. The van der Waals surface area contributed by atoms with Crippen molar-refractivity contribution in [3.8, 4) is 0 Å². The Bertz CT molecular complexity index is 787. The Morgan fingerprint density at radius 2 is 1.91 bits per heavy atom. The van der Waals surface area contributed by atoms with Crippen LogP contribution >= 0.6 is 23.4 Å². The summed E-state index contributed by atoms with van der Waals surface area (Å²) in [6.45, 7) is 0. The molecule has 1 amide bonds. The number of thioether (sulfide) groups is 1. The summed E-state index contributed by atoms with van der Waals surface area (Å²) in [4.78, 5) is 18.3. The average molecular weight is 371 g/mol. The molecule has 0 aromatic heterocycles. The molecule has 0 N–H and O–H groups in total. The van der Waals surface area contributed by atoms with Gasteiger partial charge < -0.3 is 4.90 Å². The lowest BCUT2D eigenvalue weighted by Gasteiger charge is -2.24. The monoisotopic (exact) mass is 370 g/mol. The van der Waals surface area contributed by atoms with Crippen molar-refractivity contribution >= 4 is 50.0 Å². The molecule has 1 aliphatic carbocycles. The van der Waals surface area contributed by atoms with Crippen molar-refractivity contribution in [3.63, 3.8) is 0 Å². The first-order valence-electron chi connectivity index (χ1n) is 7.47. The summed E-state index contributed by atoms with van der Waals surface area (Å²) >= 11 is 7.35. The number of amides is 1. The second kappa shape index (κ2) is 5.50. The molecule has 0 unspecified atom stereocenters. The van der Waals surface area contributed by atoms with Crippen LogP contribution in [0, 0.1) is 5.92 Å². The van der Waals surface area contributed by atoms with Gasteiger partial charge in [-0.3, -0.25) is 4.79 Å². The molecule has 0 bridgehead atoms. The number of fused-ring (bicyclic) bond motifs is 1. The summed E-state index contributed by atoms with van der Waals surface area (Å²) in [6, 6.07) is 7.04. The number of halogens is 1. The zero-order valence-electron chi connectivity index (χ0n) is 12.2. The summed E-state index contributed by atoms with van der Waals surface area (Å²) in [5, 5.41) is 1.17. The van der Waals surface area contributed by atoms with Crippen molar-refractivity contribution in [2.75, 3.05) is 16.4 Å². The highest BCUT2D eigenvalue weighted by Crippen LogP contribution is 2.41. The van der Waals surface area contributed by atoms with Crippen LogP contribution in [0.15, 0.2) is 29.3 Å². The lowest BCUT2D eigenvalue weighted by Crippen LogP contribution is -2.37. The van der Waals surface area contributed by atoms with Crippen LogP contribution in [0.3, 0.4) is 0 Å². The van der Waals surface area contributed by atoms with E-state index in [-0.39, 0.29) is 34.6 Å². The van der Waals surface area contributed by atoms with E-state index in [1.807, 2.05) is 17.0 Å². The SMILES string of the molecule is O=C(N=C1S[C@@H]2CS(=O)(=O)C[C@H]2N1c1ccc(Cl)cc1)C1CC1. The minimum Gasteiger partial charge on any atom is -0.316 e. The second-order valence-corrected chi connectivity index (χ2v) is 9.95. The fourth-order valence-corrected chi connectivity index (χ4v) is 7.03. The van der Waals surface area contributed by atoms with Crippen molar-refractivity contribution < 1.29 is 13.2 Å². The van der Waals surface area contributed by atoms with E-state index in [4.69, 9.17) is 11.6 Å². The van der Waals surface area contributed by atoms with Crippen LogP contribution in [0.2, 0.25) is 5.02 Å². The highest BCUT2D eigenvalue weighted by Gasteiger charge is 2.49. The van der Waals surface area contributed by atoms with Crippen molar-refractivity contribution in [1.82, 2.24) is 0 Å². The number of nitrogens with zero attached hydrogens (tertiary/aromatic N) is 2. The Balaban J connectivity index is 1.71. The van der Waals surface area contributed by atoms with E-state index >= 15 is 0 Å². The van der Waals surface area contributed by atoms with Gasteiger partial charge in [0, 0.05) is 21.9 Å². The minimum absolute atomic E-state index is 0.0549. The number of carbonyl (C=O) groups is 1. The molecular weight excluding hydrogens is 356 g/mol. The normalized spacial score (nSPS) is 30.7. The van der Waals surface area contributed by atoms with Crippen molar-refractivity contribution in [2.45, 2.75) is 24.1 Å². The van der Waals surface area contributed by atoms with Gasteiger partial charge in [0.15, 0.2) is 15.0 Å². The van der Waals surface area contributed by atoms with Gasteiger partial charge in [-0.05, 0) is 37.1 Å². The third kappa shape index (κ3) is 3.02. The molecule has 3 aliphatic rings. The second-order valence-electron chi connectivity index (χ2n) is 6.15. The molecule has 0 spiro atoms. The van der Waals surface area contributed by atoms with Gasteiger partial charge in [0.1, 0.15) is 0 Å². The predicted molar refractivity (Wildman–Crippen MR) is 92.9 cm³/mol. The molecule has 2 aliphatic heterocycles. The molecule has 23 heavy (non-hydrogen) atoms. The first-order valence-corrected chi connectivity index (χ1v) is 10.6. The zero-order valence-corrected chi connectivity index (χ0v) is 14.6. The molecule has 2 atom stereocenters. The van der Waals surface area contributed by atoms with Gasteiger partial charge in [-0.15, -0.1) is 0 Å². The predicted octanol–water partition coefficient (Wildman–Crippen LogP) is 2.35. The number of hydrogen-bond donors (Lipinski definition) is 0. The largest absolute Gasteiger partial charge is 0.316 e. The smallest absolute Gasteiger partial charge is 0.251 e. The number of sulfone groups is 1. The number of aliphatic imine (C=N–C) groups is 1. The third-order valence-corrected chi connectivity index (χ3v) is 7.77. The van der Waals surface area contributed by atoms with Gasteiger partial charge in [-0.1, -0.05) is 23.4 Å². The van der Waals surface area contributed by atoms with E-state index in [0.717, 1.165) is 18.5 Å². The molecule has 1 aromatic carbocycles. The lowest BCUT2D eigenvalue weighted by molar-refractivity contribution is -0.118. The Hall–Kier alpha value is -1.05. The highest BCUT2D eigenvalue weighted by atomic mass is 35.5. The Labute approximate surface area is 144 Å². The molecule has 1 aromatic rings. The summed E-state index contributed by atoms with van der Waals surface area (Å²) in [6.07, 6.45) is 1.81. The molecular formula is C15H15ClN2O3S2. The molecule has 2 heterocycles. The quantitative estimate of drug-likeness (QED) is 0.799. The summed E-state index contributed by atoms with van der Waals surface area (Å²) < 4.78 is 23.9. The molecule has 1 saturated carbocycles. The van der Waals surface area contributed by atoms with Crippen molar-refractivity contribution in [2.24, 2.45) is 10.9 Å². The third-order valence-electron chi connectivity index (χ3n) is 4.30.